The van der Waals surface area contributed by atoms with E-state index in [-0.39, 0.29) is 22.0 Å². The fourth-order valence-corrected chi connectivity index (χ4v) is 9.23. The van der Waals surface area contributed by atoms with Gasteiger partial charge < -0.3 is 0 Å². The second-order valence-corrected chi connectivity index (χ2v) is 15.6. The zero-order valence-electron chi connectivity index (χ0n) is 28.2. The zero-order valence-corrected chi connectivity index (χ0v) is 28.2. The molecule has 0 heterocycles. The van der Waals surface area contributed by atoms with Gasteiger partial charge in [0.2, 0.25) is 0 Å². The van der Waals surface area contributed by atoms with E-state index in [1.807, 2.05) is 0 Å². The van der Waals surface area contributed by atoms with Gasteiger partial charge in [-0.1, -0.05) is 126 Å². The van der Waals surface area contributed by atoms with Gasteiger partial charge in [0.15, 0.2) is 5.78 Å². The molecule has 0 aliphatic heterocycles. The van der Waals surface area contributed by atoms with E-state index in [1.54, 1.807) is 0 Å². The Balaban J connectivity index is 1.11. The van der Waals surface area contributed by atoms with Crippen molar-refractivity contribution in [3.05, 3.63) is 159 Å². The Morgan fingerprint density at radius 3 is 1.51 bits per heavy atom. The SMILES string of the molecule is CC1(C)C2=C(CCC=C2)c2ccc(-c3ccc4c(c3)C(C)(C)c3cc(-c5ccc6c(c5)C(C)(C)c5ccccc5-6)ccc3C4=O)cc21. The average molecular weight is 609 g/mol. The number of allylic oxidation sites excluding steroid dienone is 4. The van der Waals surface area contributed by atoms with Crippen LogP contribution in [-0.4, -0.2) is 5.78 Å². The number of fused-ring (bicyclic) bond motifs is 7. The van der Waals surface area contributed by atoms with Crippen molar-refractivity contribution in [1.82, 2.24) is 0 Å². The topological polar surface area (TPSA) is 17.1 Å². The largest absolute Gasteiger partial charge is 0.289 e. The van der Waals surface area contributed by atoms with Crippen LogP contribution >= 0.6 is 0 Å². The summed E-state index contributed by atoms with van der Waals surface area (Å²) in [6.07, 6.45) is 6.91. The summed E-state index contributed by atoms with van der Waals surface area (Å²) >= 11 is 0. The molecule has 4 aliphatic rings. The molecule has 0 spiro atoms. The molecule has 0 N–H and O–H groups in total. The Bertz CT molecular complexity index is 2280. The highest BCUT2D eigenvalue weighted by Gasteiger charge is 2.40. The van der Waals surface area contributed by atoms with Gasteiger partial charge in [0.05, 0.1) is 0 Å². The smallest absolute Gasteiger partial charge is 0.193 e. The maximum Gasteiger partial charge on any atom is 0.193 e. The standard InChI is InChI=1S/C46H40O/c1-44(2)37-13-9-7-11-31(37)33-19-15-27(23-39(33)44)29-17-21-35-41(25-29)46(5,6)42-26-30(18-22-36(42)43(35)47)28-16-20-34-32-12-8-10-14-38(32)45(3,4)40(34)24-28/h7,9-11,13-26H,8,12H2,1-6H3. The minimum absolute atomic E-state index is 0.00799. The molecule has 1 heteroatoms. The van der Waals surface area contributed by atoms with Crippen LogP contribution in [-0.2, 0) is 16.2 Å². The van der Waals surface area contributed by atoms with Gasteiger partial charge in [-0.25, -0.2) is 0 Å². The van der Waals surface area contributed by atoms with Crippen LogP contribution in [0.15, 0.2) is 115 Å². The molecular weight excluding hydrogens is 569 g/mol. The van der Waals surface area contributed by atoms with E-state index >= 15 is 0 Å². The Kier molecular flexibility index (Phi) is 5.70. The van der Waals surface area contributed by atoms with Gasteiger partial charge in [0.1, 0.15) is 0 Å². The maximum absolute atomic E-state index is 14.0. The van der Waals surface area contributed by atoms with E-state index < -0.39 is 0 Å². The molecule has 0 atom stereocenters. The van der Waals surface area contributed by atoms with Crippen molar-refractivity contribution in [2.24, 2.45) is 0 Å². The molecule has 0 amide bonds. The van der Waals surface area contributed by atoms with Crippen molar-refractivity contribution < 1.29 is 4.79 Å². The second kappa shape index (κ2) is 9.41. The van der Waals surface area contributed by atoms with Gasteiger partial charge in [0, 0.05) is 27.4 Å². The Morgan fingerprint density at radius 2 is 0.915 bits per heavy atom. The summed E-state index contributed by atoms with van der Waals surface area (Å²) in [6, 6.07) is 35.7. The van der Waals surface area contributed by atoms with Crippen molar-refractivity contribution >= 4 is 11.4 Å². The Morgan fingerprint density at radius 1 is 0.468 bits per heavy atom. The van der Waals surface area contributed by atoms with Gasteiger partial charge in [-0.2, -0.15) is 0 Å². The van der Waals surface area contributed by atoms with Gasteiger partial charge in [-0.15, -0.1) is 0 Å². The highest BCUT2D eigenvalue weighted by atomic mass is 16.1. The van der Waals surface area contributed by atoms with Gasteiger partial charge in [0.25, 0.3) is 0 Å². The van der Waals surface area contributed by atoms with Crippen LogP contribution in [0.5, 0.6) is 0 Å². The highest BCUT2D eigenvalue weighted by molar-refractivity contribution is 6.13. The van der Waals surface area contributed by atoms with Crippen LogP contribution in [0.2, 0.25) is 0 Å². The van der Waals surface area contributed by atoms with Crippen molar-refractivity contribution in [2.45, 2.75) is 70.6 Å². The summed E-state index contributed by atoms with van der Waals surface area (Å²) in [4.78, 5) is 14.0. The van der Waals surface area contributed by atoms with E-state index in [0.29, 0.717) is 0 Å². The van der Waals surface area contributed by atoms with Crippen LogP contribution in [0.25, 0.3) is 39.0 Å². The molecule has 0 unspecified atom stereocenters. The van der Waals surface area contributed by atoms with Gasteiger partial charge in [-0.05, 0) is 115 Å². The first-order chi connectivity index (χ1) is 22.5. The summed E-state index contributed by atoms with van der Waals surface area (Å²) < 4.78 is 0. The Hall–Kier alpha value is -4.75. The van der Waals surface area contributed by atoms with Crippen LogP contribution in [0, 0.1) is 0 Å². The molecule has 0 aromatic heterocycles. The number of carbonyl (C=O) groups excluding carboxylic acids is 1. The molecule has 0 bridgehead atoms. The molecular formula is C46H40O. The van der Waals surface area contributed by atoms with E-state index in [4.69, 9.17) is 0 Å². The minimum atomic E-state index is -0.335. The quantitative estimate of drug-likeness (QED) is 0.195. The minimum Gasteiger partial charge on any atom is -0.289 e. The third-order valence-corrected chi connectivity index (χ3v) is 12.0. The monoisotopic (exact) mass is 608 g/mol. The van der Waals surface area contributed by atoms with Crippen LogP contribution in [0.1, 0.15) is 104 Å². The predicted molar refractivity (Wildman–Crippen MR) is 195 cm³/mol. The number of ketones is 1. The average Bonchev–Trinajstić information content (AvgIpc) is 3.46. The van der Waals surface area contributed by atoms with E-state index in [1.165, 1.54) is 61.2 Å². The molecule has 5 aromatic rings. The number of benzene rings is 5. The van der Waals surface area contributed by atoms with Crippen molar-refractivity contribution in [1.29, 1.82) is 0 Å². The summed E-state index contributed by atoms with van der Waals surface area (Å²) in [5.41, 5.74) is 19.4. The number of carbonyl (C=O) groups is 1. The summed E-state index contributed by atoms with van der Waals surface area (Å²) in [5.74, 6) is 0.122. The number of hydrogen-bond acceptors (Lipinski definition) is 1. The van der Waals surface area contributed by atoms with Crippen LogP contribution in [0.4, 0.5) is 0 Å². The van der Waals surface area contributed by atoms with E-state index in [0.717, 1.165) is 40.7 Å². The third kappa shape index (κ3) is 3.80. The Labute approximate surface area is 278 Å². The molecule has 0 saturated carbocycles. The zero-order chi connectivity index (χ0) is 32.5. The number of hydrogen-bond donors (Lipinski definition) is 0. The first-order valence-corrected chi connectivity index (χ1v) is 17.1. The van der Waals surface area contributed by atoms with Crippen LogP contribution < -0.4 is 0 Å². The predicted octanol–water partition coefficient (Wildman–Crippen LogP) is 11.6. The van der Waals surface area contributed by atoms with Crippen molar-refractivity contribution in [3.63, 3.8) is 0 Å². The van der Waals surface area contributed by atoms with Gasteiger partial charge in [-0.3, -0.25) is 4.79 Å². The highest BCUT2D eigenvalue weighted by Crippen LogP contribution is 2.52. The normalized spacial score (nSPS) is 18.6. The fraction of sp³-hybridized carbons (Fsp3) is 0.239. The molecule has 4 aliphatic carbocycles. The first-order valence-electron chi connectivity index (χ1n) is 17.1. The molecule has 47 heavy (non-hydrogen) atoms. The summed E-state index contributed by atoms with van der Waals surface area (Å²) in [7, 11) is 0. The lowest BCUT2D eigenvalue weighted by Gasteiger charge is -2.35. The molecule has 0 saturated heterocycles. The molecule has 5 aromatic carbocycles. The molecule has 230 valence electrons. The first kappa shape index (κ1) is 28.5. The van der Waals surface area contributed by atoms with E-state index in [2.05, 4.69) is 151 Å². The molecule has 0 fully saturated rings. The lowest BCUT2D eigenvalue weighted by Crippen LogP contribution is -2.30. The summed E-state index contributed by atoms with van der Waals surface area (Å²) in [6.45, 7) is 13.9. The lowest BCUT2D eigenvalue weighted by atomic mass is 9.67. The second-order valence-electron chi connectivity index (χ2n) is 15.6. The van der Waals surface area contributed by atoms with Crippen LogP contribution in [0.3, 0.4) is 0 Å². The third-order valence-electron chi connectivity index (χ3n) is 12.0. The van der Waals surface area contributed by atoms with E-state index in [9.17, 15) is 4.79 Å². The van der Waals surface area contributed by atoms with Crippen molar-refractivity contribution in [3.8, 4) is 33.4 Å². The molecule has 1 nitrogen and oxygen atoms in total. The summed E-state index contributed by atoms with van der Waals surface area (Å²) in [5, 5.41) is 0. The van der Waals surface area contributed by atoms with Gasteiger partial charge >= 0.3 is 0 Å². The maximum atomic E-state index is 14.0. The fourth-order valence-electron chi connectivity index (χ4n) is 9.23. The molecule has 9 rings (SSSR count). The number of rotatable bonds is 2. The lowest BCUT2D eigenvalue weighted by molar-refractivity contribution is 0.103. The molecule has 0 radical (unpaired) electrons. The van der Waals surface area contributed by atoms with Crippen molar-refractivity contribution in [2.75, 3.05) is 0 Å².